The first-order valence-corrected chi connectivity index (χ1v) is 10.7. The van der Waals surface area contributed by atoms with Gasteiger partial charge >= 0.3 is 0 Å². The first-order valence-electron chi connectivity index (χ1n) is 10.7. The Morgan fingerprint density at radius 1 is 0.935 bits per heavy atom. The molecule has 0 bridgehead atoms. The maximum Gasteiger partial charge on any atom is 0.257 e. The molecule has 0 spiro atoms. The number of methoxy groups -OCH3 is 1. The normalized spacial score (nSPS) is 10.3. The number of rotatable bonds is 13. The fraction of sp³-hybridized carbons (Fsp3) is 0.417. The van der Waals surface area contributed by atoms with E-state index in [1.165, 1.54) is 12.8 Å². The van der Waals surface area contributed by atoms with Crippen LogP contribution < -0.4 is 24.8 Å². The molecule has 0 aromatic heterocycles. The van der Waals surface area contributed by atoms with Gasteiger partial charge in [0.25, 0.3) is 11.8 Å². The summed E-state index contributed by atoms with van der Waals surface area (Å²) in [5.41, 5.74) is 1.01. The summed E-state index contributed by atoms with van der Waals surface area (Å²) in [6, 6.07) is 12.0. The molecule has 0 saturated carbocycles. The number of ether oxygens (including phenoxy) is 3. The molecule has 7 heteroatoms. The van der Waals surface area contributed by atoms with Gasteiger partial charge in [-0.1, -0.05) is 32.3 Å². The summed E-state index contributed by atoms with van der Waals surface area (Å²) in [4.78, 5) is 24.2. The monoisotopic (exact) mass is 428 g/mol. The molecular weight excluding hydrogens is 396 g/mol. The van der Waals surface area contributed by atoms with Crippen LogP contribution in [0.4, 0.5) is 5.69 Å². The van der Waals surface area contributed by atoms with Crippen molar-refractivity contribution in [2.45, 2.75) is 39.5 Å². The van der Waals surface area contributed by atoms with Crippen LogP contribution >= 0.6 is 0 Å². The zero-order valence-corrected chi connectivity index (χ0v) is 18.5. The zero-order chi connectivity index (χ0) is 22.5. The van der Waals surface area contributed by atoms with Gasteiger partial charge in [0, 0.05) is 23.9 Å². The van der Waals surface area contributed by atoms with Crippen molar-refractivity contribution < 1.29 is 23.8 Å². The molecule has 0 aliphatic heterocycles. The van der Waals surface area contributed by atoms with Crippen molar-refractivity contribution in [1.29, 1.82) is 0 Å². The average molecular weight is 429 g/mol. The highest BCUT2D eigenvalue weighted by Gasteiger charge is 2.12. The van der Waals surface area contributed by atoms with Gasteiger partial charge in [0.05, 0.1) is 13.7 Å². The molecule has 0 atom stereocenters. The number of carbonyl (C=O) groups excluding carboxylic acids is 2. The largest absolute Gasteiger partial charge is 0.493 e. The number of carbonyl (C=O) groups is 2. The third-order valence-corrected chi connectivity index (χ3v) is 4.52. The fourth-order valence-corrected chi connectivity index (χ4v) is 2.90. The Morgan fingerprint density at radius 3 is 2.52 bits per heavy atom. The highest BCUT2D eigenvalue weighted by Crippen LogP contribution is 2.29. The van der Waals surface area contributed by atoms with Gasteiger partial charge in [-0.2, -0.15) is 0 Å². The number of benzene rings is 2. The lowest BCUT2D eigenvalue weighted by Crippen LogP contribution is -2.28. The molecule has 168 valence electrons. The minimum absolute atomic E-state index is 0.0810. The number of hydrogen-bond acceptors (Lipinski definition) is 5. The van der Waals surface area contributed by atoms with Crippen molar-refractivity contribution >= 4 is 17.5 Å². The Bertz CT molecular complexity index is 854. The van der Waals surface area contributed by atoms with E-state index in [9.17, 15) is 9.59 Å². The van der Waals surface area contributed by atoms with Crippen LogP contribution in [0.25, 0.3) is 0 Å². The van der Waals surface area contributed by atoms with Crippen LogP contribution in [0.1, 0.15) is 49.9 Å². The van der Waals surface area contributed by atoms with Crippen molar-refractivity contribution in [1.82, 2.24) is 5.32 Å². The smallest absolute Gasteiger partial charge is 0.257 e. The molecule has 2 rings (SSSR count). The molecule has 0 saturated heterocycles. The van der Waals surface area contributed by atoms with Gasteiger partial charge in [-0.3, -0.25) is 9.59 Å². The van der Waals surface area contributed by atoms with E-state index in [0.717, 1.165) is 12.8 Å². The van der Waals surface area contributed by atoms with Gasteiger partial charge in [-0.05, 0) is 43.7 Å². The quantitative estimate of drug-likeness (QED) is 0.461. The molecule has 2 aromatic carbocycles. The van der Waals surface area contributed by atoms with E-state index < -0.39 is 0 Å². The standard InChI is InChI=1S/C24H32N2O5/c1-4-6-7-8-14-30-21-13-12-18(15-22(21)29-3)24(28)26-19-10-9-11-20(16-19)31-17-23(27)25-5-2/h9-13,15-16H,4-8,14,17H2,1-3H3,(H,25,27)(H,26,28). The molecule has 7 nitrogen and oxygen atoms in total. The van der Waals surface area contributed by atoms with Gasteiger partial charge in [0.2, 0.25) is 0 Å². The molecule has 0 aliphatic carbocycles. The van der Waals surface area contributed by atoms with Crippen LogP contribution in [0.2, 0.25) is 0 Å². The maximum atomic E-state index is 12.7. The third kappa shape index (κ3) is 8.20. The predicted molar refractivity (Wildman–Crippen MR) is 121 cm³/mol. The van der Waals surface area contributed by atoms with E-state index in [4.69, 9.17) is 14.2 Å². The number of nitrogens with one attached hydrogen (secondary N) is 2. The summed E-state index contributed by atoms with van der Waals surface area (Å²) in [5, 5.41) is 5.50. The molecule has 2 aromatic rings. The van der Waals surface area contributed by atoms with Crippen LogP contribution in [0, 0.1) is 0 Å². The lowest BCUT2D eigenvalue weighted by Gasteiger charge is -2.13. The van der Waals surface area contributed by atoms with Crippen LogP contribution in [0.3, 0.4) is 0 Å². The SMILES string of the molecule is CCCCCCOc1ccc(C(=O)Nc2cccc(OCC(=O)NCC)c2)cc1OC. The van der Waals surface area contributed by atoms with E-state index in [-0.39, 0.29) is 18.4 Å². The molecule has 2 amide bonds. The van der Waals surface area contributed by atoms with Crippen molar-refractivity contribution in [2.75, 3.05) is 32.2 Å². The predicted octanol–water partition coefficient (Wildman–Crippen LogP) is 4.42. The molecule has 0 heterocycles. The van der Waals surface area contributed by atoms with E-state index in [1.807, 2.05) is 6.92 Å². The Balaban J connectivity index is 1.97. The van der Waals surface area contributed by atoms with Gasteiger partial charge in [-0.15, -0.1) is 0 Å². The van der Waals surface area contributed by atoms with E-state index >= 15 is 0 Å². The molecule has 0 unspecified atom stereocenters. The van der Waals surface area contributed by atoms with Gasteiger partial charge < -0.3 is 24.8 Å². The summed E-state index contributed by atoms with van der Waals surface area (Å²) in [6.07, 6.45) is 4.48. The summed E-state index contributed by atoms with van der Waals surface area (Å²) in [7, 11) is 1.55. The fourth-order valence-electron chi connectivity index (χ4n) is 2.90. The van der Waals surface area contributed by atoms with Crippen molar-refractivity contribution in [3.8, 4) is 17.2 Å². The molecule has 0 radical (unpaired) electrons. The molecule has 0 fully saturated rings. The van der Waals surface area contributed by atoms with Gasteiger partial charge in [0.15, 0.2) is 18.1 Å². The van der Waals surface area contributed by atoms with Crippen LogP contribution in [-0.4, -0.2) is 38.7 Å². The number of anilines is 1. The number of amides is 2. The first-order chi connectivity index (χ1) is 15.1. The van der Waals surface area contributed by atoms with Crippen LogP contribution in [0.5, 0.6) is 17.2 Å². The Labute approximate surface area is 184 Å². The topological polar surface area (TPSA) is 85.9 Å². The van der Waals surface area contributed by atoms with E-state index in [2.05, 4.69) is 17.6 Å². The minimum atomic E-state index is -0.284. The Kier molecular flexibility index (Phi) is 10.2. The minimum Gasteiger partial charge on any atom is -0.493 e. The Morgan fingerprint density at radius 2 is 1.77 bits per heavy atom. The highest BCUT2D eigenvalue weighted by molar-refractivity contribution is 6.04. The second kappa shape index (κ2) is 13.2. The second-order valence-corrected chi connectivity index (χ2v) is 7.00. The van der Waals surface area contributed by atoms with E-state index in [0.29, 0.717) is 41.7 Å². The molecule has 31 heavy (non-hydrogen) atoms. The maximum absolute atomic E-state index is 12.7. The third-order valence-electron chi connectivity index (χ3n) is 4.52. The second-order valence-electron chi connectivity index (χ2n) is 7.00. The lowest BCUT2D eigenvalue weighted by molar-refractivity contribution is -0.122. The molecule has 0 aliphatic rings. The van der Waals surface area contributed by atoms with Gasteiger partial charge in [0.1, 0.15) is 5.75 Å². The number of likely N-dealkylation sites (N-methyl/N-ethyl adjacent to an activating group) is 1. The molecular formula is C24H32N2O5. The van der Waals surface area contributed by atoms with Gasteiger partial charge in [-0.25, -0.2) is 0 Å². The summed E-state index contributed by atoms with van der Waals surface area (Å²) in [5.74, 6) is 1.15. The zero-order valence-electron chi connectivity index (χ0n) is 18.5. The first kappa shape index (κ1) is 24.1. The van der Waals surface area contributed by atoms with Crippen molar-refractivity contribution in [3.63, 3.8) is 0 Å². The van der Waals surface area contributed by atoms with Crippen molar-refractivity contribution in [2.24, 2.45) is 0 Å². The van der Waals surface area contributed by atoms with E-state index in [1.54, 1.807) is 49.6 Å². The number of unbranched alkanes of at least 4 members (excludes halogenated alkanes) is 3. The average Bonchev–Trinajstić information content (AvgIpc) is 2.78. The summed E-state index contributed by atoms with van der Waals surface area (Å²) >= 11 is 0. The highest BCUT2D eigenvalue weighted by atomic mass is 16.5. The van der Waals surface area contributed by atoms with Crippen LogP contribution in [-0.2, 0) is 4.79 Å². The Hall–Kier alpha value is -3.22. The lowest BCUT2D eigenvalue weighted by atomic mass is 10.1. The summed E-state index contributed by atoms with van der Waals surface area (Å²) in [6.45, 7) is 5.09. The summed E-state index contributed by atoms with van der Waals surface area (Å²) < 4.78 is 16.7. The molecule has 2 N–H and O–H groups in total. The van der Waals surface area contributed by atoms with Crippen LogP contribution in [0.15, 0.2) is 42.5 Å². The number of hydrogen-bond donors (Lipinski definition) is 2. The van der Waals surface area contributed by atoms with Crippen molar-refractivity contribution in [3.05, 3.63) is 48.0 Å².